The number of hydrogen-bond acceptors (Lipinski definition) is 2. The fraction of sp³-hybridized carbons (Fsp3) is 0.481. The molecule has 0 radical (unpaired) electrons. The molecule has 0 unspecified atom stereocenters. The summed E-state index contributed by atoms with van der Waals surface area (Å²) >= 11 is 0. The summed E-state index contributed by atoms with van der Waals surface area (Å²) in [7, 11) is 13.6. The monoisotopic (exact) mass is 813 g/mol. The van der Waals surface area contributed by atoms with Crippen molar-refractivity contribution in [3.8, 4) is 22.3 Å². The SMILES string of the molecule is C[N+](C)(C)CCCCCCCCCCNC(=O)c1ccc(-c2c3ccccc3c(-c3ccc(C(=O)NCCCCCCCCCC[N+](C)(C)C)cc3)c3ccccc23)cc1. The number of benzene rings is 5. The van der Waals surface area contributed by atoms with E-state index < -0.39 is 0 Å². The van der Waals surface area contributed by atoms with Crippen molar-refractivity contribution < 1.29 is 18.6 Å². The van der Waals surface area contributed by atoms with E-state index in [2.05, 4.69) is 126 Å². The molecule has 6 nitrogen and oxygen atoms in total. The van der Waals surface area contributed by atoms with Crippen molar-refractivity contribution in [2.75, 3.05) is 68.5 Å². The second kappa shape index (κ2) is 23.5. The molecule has 5 aromatic rings. The van der Waals surface area contributed by atoms with E-state index >= 15 is 0 Å². The molecule has 0 bridgehead atoms. The Balaban J connectivity index is 1.14. The van der Waals surface area contributed by atoms with Gasteiger partial charge in [0, 0.05) is 24.2 Å². The lowest BCUT2D eigenvalue weighted by atomic mass is 9.85. The maximum atomic E-state index is 13.1. The third-order valence-corrected chi connectivity index (χ3v) is 11.9. The Bertz CT molecular complexity index is 1870. The summed E-state index contributed by atoms with van der Waals surface area (Å²) in [4.78, 5) is 26.2. The second-order valence-corrected chi connectivity index (χ2v) is 19.2. The summed E-state index contributed by atoms with van der Waals surface area (Å²) in [5, 5.41) is 10.9. The summed E-state index contributed by atoms with van der Waals surface area (Å²) in [5.74, 6) is -0.0207. The maximum Gasteiger partial charge on any atom is 0.251 e. The van der Waals surface area contributed by atoms with Gasteiger partial charge in [0.1, 0.15) is 0 Å². The van der Waals surface area contributed by atoms with E-state index in [1.807, 2.05) is 24.3 Å². The molecule has 322 valence electrons. The van der Waals surface area contributed by atoms with Crippen molar-refractivity contribution in [1.29, 1.82) is 0 Å². The molecule has 0 aliphatic heterocycles. The molecule has 2 N–H and O–H groups in total. The molecule has 0 aliphatic carbocycles. The summed E-state index contributed by atoms with van der Waals surface area (Å²) in [6, 6.07) is 33.4. The molecule has 0 heterocycles. The van der Waals surface area contributed by atoms with Gasteiger partial charge in [0.15, 0.2) is 0 Å². The van der Waals surface area contributed by atoms with Crippen LogP contribution in [0.25, 0.3) is 43.8 Å². The van der Waals surface area contributed by atoms with Crippen molar-refractivity contribution in [2.24, 2.45) is 0 Å². The number of hydrogen-bond donors (Lipinski definition) is 2. The van der Waals surface area contributed by atoms with Gasteiger partial charge in [-0.05, 0) is 107 Å². The average molecular weight is 813 g/mol. The number of quaternary nitrogens is 2. The van der Waals surface area contributed by atoms with Crippen LogP contribution in [0.3, 0.4) is 0 Å². The minimum absolute atomic E-state index is 0.0104. The van der Waals surface area contributed by atoms with Gasteiger partial charge in [0.2, 0.25) is 0 Å². The Morgan fingerprint density at radius 2 is 0.633 bits per heavy atom. The highest BCUT2D eigenvalue weighted by Crippen LogP contribution is 2.43. The van der Waals surface area contributed by atoms with Gasteiger partial charge in [-0.3, -0.25) is 9.59 Å². The molecule has 0 fully saturated rings. The van der Waals surface area contributed by atoms with Crippen molar-refractivity contribution in [3.05, 3.63) is 108 Å². The quantitative estimate of drug-likeness (QED) is 0.0332. The molecule has 2 amide bonds. The number of carbonyl (C=O) groups excluding carboxylic acids is 2. The molecule has 0 aliphatic rings. The minimum Gasteiger partial charge on any atom is -0.352 e. The normalized spacial score (nSPS) is 12.0. The molecule has 0 spiro atoms. The van der Waals surface area contributed by atoms with Gasteiger partial charge < -0.3 is 19.6 Å². The lowest BCUT2D eigenvalue weighted by molar-refractivity contribution is -0.870. The maximum absolute atomic E-state index is 13.1. The Labute approximate surface area is 362 Å². The van der Waals surface area contributed by atoms with E-state index in [-0.39, 0.29) is 11.8 Å². The molecule has 0 saturated carbocycles. The summed E-state index contributed by atoms with van der Waals surface area (Å²) < 4.78 is 2.11. The van der Waals surface area contributed by atoms with Gasteiger partial charge in [0.25, 0.3) is 11.8 Å². The summed E-state index contributed by atoms with van der Waals surface area (Å²) in [6.07, 6.45) is 20.0. The first-order chi connectivity index (χ1) is 28.9. The highest BCUT2D eigenvalue weighted by atomic mass is 16.2. The number of fused-ring (bicyclic) bond motifs is 2. The molecular formula is C54H76N4O2+2. The van der Waals surface area contributed by atoms with Crippen LogP contribution in [-0.2, 0) is 0 Å². The Kier molecular flexibility index (Phi) is 18.2. The zero-order valence-electron chi connectivity index (χ0n) is 38.1. The van der Waals surface area contributed by atoms with Gasteiger partial charge in [-0.2, -0.15) is 0 Å². The number of amides is 2. The van der Waals surface area contributed by atoms with E-state index in [9.17, 15) is 9.59 Å². The third kappa shape index (κ3) is 14.9. The first kappa shape index (κ1) is 46.5. The molecule has 0 atom stereocenters. The van der Waals surface area contributed by atoms with Crippen molar-refractivity contribution in [2.45, 2.75) is 103 Å². The predicted molar refractivity (Wildman–Crippen MR) is 257 cm³/mol. The highest BCUT2D eigenvalue weighted by molar-refractivity contribution is 6.21. The Hall–Kier alpha value is -4.52. The first-order valence-corrected chi connectivity index (χ1v) is 23.2. The van der Waals surface area contributed by atoms with Crippen LogP contribution in [0.15, 0.2) is 97.1 Å². The summed E-state index contributed by atoms with van der Waals surface area (Å²) in [5.41, 5.74) is 5.87. The van der Waals surface area contributed by atoms with Crippen LogP contribution in [0.4, 0.5) is 0 Å². The van der Waals surface area contributed by atoms with Crippen molar-refractivity contribution >= 4 is 33.4 Å². The lowest BCUT2D eigenvalue weighted by Gasteiger charge is -2.23. The van der Waals surface area contributed by atoms with Crippen LogP contribution >= 0.6 is 0 Å². The van der Waals surface area contributed by atoms with E-state index in [1.54, 1.807) is 0 Å². The summed E-state index contributed by atoms with van der Waals surface area (Å²) in [6.45, 7) is 3.93. The zero-order chi connectivity index (χ0) is 42.8. The van der Waals surface area contributed by atoms with Crippen LogP contribution in [-0.4, -0.2) is 89.2 Å². The molecule has 0 aromatic heterocycles. The van der Waals surface area contributed by atoms with Crippen molar-refractivity contribution in [3.63, 3.8) is 0 Å². The minimum atomic E-state index is -0.0104. The van der Waals surface area contributed by atoms with Gasteiger partial charge >= 0.3 is 0 Å². The zero-order valence-corrected chi connectivity index (χ0v) is 38.1. The third-order valence-electron chi connectivity index (χ3n) is 11.9. The molecule has 5 aromatic carbocycles. The van der Waals surface area contributed by atoms with Crippen LogP contribution < -0.4 is 10.6 Å². The largest absolute Gasteiger partial charge is 0.352 e. The van der Waals surface area contributed by atoms with Gasteiger partial charge in [0.05, 0.1) is 55.4 Å². The number of nitrogens with one attached hydrogen (secondary N) is 2. The van der Waals surface area contributed by atoms with Crippen LogP contribution in [0.5, 0.6) is 0 Å². The number of carbonyl (C=O) groups is 2. The first-order valence-electron chi connectivity index (χ1n) is 23.2. The Morgan fingerprint density at radius 1 is 0.367 bits per heavy atom. The fourth-order valence-corrected chi connectivity index (χ4v) is 8.48. The van der Waals surface area contributed by atoms with E-state index in [1.165, 1.54) is 90.1 Å². The smallest absolute Gasteiger partial charge is 0.251 e. The molecule has 0 saturated heterocycles. The number of nitrogens with zero attached hydrogens (tertiary/aromatic N) is 2. The molecular weight excluding hydrogens is 737 g/mol. The Morgan fingerprint density at radius 3 is 0.917 bits per heavy atom. The predicted octanol–water partition coefficient (Wildman–Crippen LogP) is 12.4. The van der Waals surface area contributed by atoms with Gasteiger partial charge in [-0.1, -0.05) is 137 Å². The number of rotatable bonds is 26. The topological polar surface area (TPSA) is 58.2 Å². The number of unbranched alkanes of at least 4 members (excludes halogenated alkanes) is 14. The van der Waals surface area contributed by atoms with Gasteiger partial charge in [-0.15, -0.1) is 0 Å². The average Bonchev–Trinajstić information content (AvgIpc) is 3.23. The van der Waals surface area contributed by atoms with Crippen LogP contribution in [0.2, 0.25) is 0 Å². The van der Waals surface area contributed by atoms with E-state index in [0.29, 0.717) is 24.2 Å². The fourth-order valence-electron chi connectivity index (χ4n) is 8.48. The molecule has 5 rings (SSSR count). The second-order valence-electron chi connectivity index (χ2n) is 19.2. The van der Waals surface area contributed by atoms with E-state index in [0.717, 1.165) is 78.4 Å². The lowest BCUT2D eigenvalue weighted by Crippen LogP contribution is -2.35. The van der Waals surface area contributed by atoms with Crippen LogP contribution in [0.1, 0.15) is 123 Å². The standard InChI is InChI=1S/C54H74N4O2/c1-57(2,3)41-25-17-13-9-7-11-15-23-39-55-53(59)45-35-31-43(32-36-45)51-47-27-19-21-29-49(47)52(50-30-22-20-28-48(50)51)44-33-37-46(38-34-44)54(60)56-40-24-16-12-8-10-14-18-26-42-58(4,5)6/h19-22,27-38H,7-18,23-26,39-42H2,1-6H3/p+2. The molecule has 6 heteroatoms. The molecule has 60 heavy (non-hydrogen) atoms. The van der Waals surface area contributed by atoms with Crippen LogP contribution in [0, 0.1) is 0 Å². The van der Waals surface area contributed by atoms with Crippen molar-refractivity contribution in [1.82, 2.24) is 10.6 Å². The van der Waals surface area contributed by atoms with Gasteiger partial charge in [-0.25, -0.2) is 0 Å². The highest BCUT2D eigenvalue weighted by Gasteiger charge is 2.18. The van der Waals surface area contributed by atoms with E-state index in [4.69, 9.17) is 0 Å².